The van der Waals surface area contributed by atoms with Crippen LogP contribution in [0.5, 0.6) is 16.7 Å². The normalized spacial score (nSPS) is 11.8. The third-order valence-electron chi connectivity index (χ3n) is 6.78. The van der Waals surface area contributed by atoms with Gasteiger partial charge in [-0.25, -0.2) is 22.7 Å². The van der Waals surface area contributed by atoms with Gasteiger partial charge in [-0.2, -0.15) is 0 Å². The highest BCUT2D eigenvalue weighted by atomic mass is 32.1. The van der Waals surface area contributed by atoms with Crippen LogP contribution in [0, 0.1) is 5.82 Å². The molecule has 0 atom stereocenters. The topological polar surface area (TPSA) is 88.1 Å². The second-order valence-corrected chi connectivity index (χ2v) is 10.8. The number of hydrogen-bond donors (Lipinski definition) is 0. The third kappa shape index (κ3) is 5.65. The van der Waals surface area contributed by atoms with E-state index in [4.69, 9.17) is 18.6 Å². The molecule has 0 fully saturated rings. The molecule has 0 N–H and O–H groups in total. The minimum absolute atomic E-state index is 0.118. The van der Waals surface area contributed by atoms with Crippen LogP contribution in [0.1, 0.15) is 34.0 Å². The molecular formula is C31H24F3N3O5S. The van der Waals surface area contributed by atoms with Crippen molar-refractivity contribution in [3.8, 4) is 28.1 Å². The van der Waals surface area contributed by atoms with Crippen molar-refractivity contribution in [1.82, 2.24) is 14.6 Å². The molecule has 0 spiro atoms. The number of alkyl halides is 2. The van der Waals surface area contributed by atoms with Crippen molar-refractivity contribution in [2.24, 2.45) is 0 Å². The molecule has 6 aromatic rings. The standard InChI is InChI=1S/C31H24F3N3O5S/c1-31(33,34)21-8-5-9-22(32)28(21)24(38)11-17-6-4-7-18(10-17)16-41-25-12-19(39-2)13-26-20(25)14-27(42-26)23-15-37-29(35-23)43-30(36-37)40-3/h4-10,12-15H,11,16H2,1-3H3. The van der Waals surface area contributed by atoms with E-state index >= 15 is 0 Å². The van der Waals surface area contributed by atoms with Gasteiger partial charge in [0.15, 0.2) is 11.5 Å². The lowest BCUT2D eigenvalue weighted by Gasteiger charge is -2.16. The highest BCUT2D eigenvalue weighted by Crippen LogP contribution is 2.38. The number of carbonyl (C=O) groups is 1. The number of aromatic nitrogens is 3. The second kappa shape index (κ2) is 11.1. The molecule has 6 rings (SSSR count). The van der Waals surface area contributed by atoms with Crippen molar-refractivity contribution in [2.75, 3.05) is 14.2 Å². The summed E-state index contributed by atoms with van der Waals surface area (Å²) in [5.41, 5.74) is 1.13. The van der Waals surface area contributed by atoms with Crippen LogP contribution in [0.25, 0.3) is 27.4 Å². The number of Topliss-reactive ketones (excluding diaryl/α,β-unsaturated/α-hetero) is 1. The number of hydrogen-bond acceptors (Lipinski definition) is 8. The quantitative estimate of drug-likeness (QED) is 0.149. The molecule has 0 aliphatic rings. The first-order valence-electron chi connectivity index (χ1n) is 13.1. The van der Waals surface area contributed by atoms with Gasteiger partial charge in [0.05, 0.1) is 31.4 Å². The van der Waals surface area contributed by atoms with Crippen LogP contribution in [-0.4, -0.2) is 34.6 Å². The van der Waals surface area contributed by atoms with E-state index in [1.54, 1.807) is 54.2 Å². The van der Waals surface area contributed by atoms with E-state index < -0.39 is 28.6 Å². The number of methoxy groups -OCH3 is 2. The molecule has 0 aliphatic carbocycles. The maximum absolute atomic E-state index is 14.5. The van der Waals surface area contributed by atoms with Gasteiger partial charge in [-0.05, 0) is 34.6 Å². The summed E-state index contributed by atoms with van der Waals surface area (Å²) in [7, 11) is 3.08. The fourth-order valence-corrected chi connectivity index (χ4v) is 5.47. The molecule has 0 amide bonds. The van der Waals surface area contributed by atoms with Crippen LogP contribution in [0.2, 0.25) is 0 Å². The largest absolute Gasteiger partial charge is 0.496 e. The first-order valence-corrected chi connectivity index (χ1v) is 13.9. The van der Waals surface area contributed by atoms with E-state index in [1.165, 1.54) is 24.5 Å². The molecule has 0 aliphatic heterocycles. The van der Waals surface area contributed by atoms with Crippen LogP contribution >= 0.6 is 11.3 Å². The summed E-state index contributed by atoms with van der Waals surface area (Å²) in [6.07, 6.45) is 1.48. The maximum atomic E-state index is 14.5. The molecule has 43 heavy (non-hydrogen) atoms. The minimum Gasteiger partial charge on any atom is -0.496 e. The van der Waals surface area contributed by atoms with Crippen molar-refractivity contribution in [1.29, 1.82) is 0 Å². The van der Waals surface area contributed by atoms with Gasteiger partial charge in [0.1, 0.15) is 35.2 Å². The summed E-state index contributed by atoms with van der Waals surface area (Å²) >= 11 is 1.30. The molecule has 0 saturated heterocycles. The van der Waals surface area contributed by atoms with Gasteiger partial charge in [0.2, 0.25) is 4.96 Å². The summed E-state index contributed by atoms with van der Waals surface area (Å²) in [5.74, 6) is -3.55. The Labute approximate surface area is 247 Å². The lowest BCUT2D eigenvalue weighted by atomic mass is 9.94. The Kier molecular flexibility index (Phi) is 7.30. The van der Waals surface area contributed by atoms with Crippen LogP contribution in [0.3, 0.4) is 0 Å². The van der Waals surface area contributed by atoms with E-state index in [1.807, 2.05) is 6.07 Å². The van der Waals surface area contributed by atoms with Gasteiger partial charge in [-0.15, -0.1) is 5.10 Å². The van der Waals surface area contributed by atoms with E-state index in [-0.39, 0.29) is 13.0 Å². The van der Waals surface area contributed by atoms with Gasteiger partial charge < -0.3 is 18.6 Å². The zero-order chi connectivity index (χ0) is 30.3. The zero-order valence-electron chi connectivity index (χ0n) is 23.2. The first-order chi connectivity index (χ1) is 20.6. The number of imidazole rings is 1. The molecule has 8 nitrogen and oxygen atoms in total. The zero-order valence-corrected chi connectivity index (χ0v) is 24.0. The summed E-state index contributed by atoms with van der Waals surface area (Å²) < 4.78 is 67.1. The second-order valence-electron chi connectivity index (χ2n) is 9.83. The summed E-state index contributed by atoms with van der Waals surface area (Å²) in [6.45, 7) is 0.758. The molecule has 0 radical (unpaired) electrons. The molecule has 3 heterocycles. The predicted molar refractivity (Wildman–Crippen MR) is 154 cm³/mol. The van der Waals surface area contributed by atoms with Crippen molar-refractivity contribution >= 4 is 33.1 Å². The number of benzene rings is 3. The smallest absolute Gasteiger partial charge is 0.294 e. The number of nitrogens with zero attached hydrogens (tertiary/aromatic N) is 3. The molecule has 0 unspecified atom stereocenters. The number of rotatable bonds is 10. The fraction of sp³-hybridized carbons (Fsp3) is 0.194. The molecule has 0 saturated carbocycles. The monoisotopic (exact) mass is 607 g/mol. The Bertz CT molecular complexity index is 1940. The van der Waals surface area contributed by atoms with E-state index in [0.717, 1.165) is 12.1 Å². The SMILES string of the molecule is COc1cc(OCc2cccc(CC(=O)c3c(F)cccc3C(C)(F)F)c2)c2cc(-c3cn4nc(OC)sc4n3)oc2c1. The number of fused-ring (bicyclic) bond motifs is 2. The van der Waals surface area contributed by atoms with Crippen molar-refractivity contribution in [3.05, 3.63) is 94.9 Å². The lowest BCUT2D eigenvalue weighted by Crippen LogP contribution is -2.17. The van der Waals surface area contributed by atoms with Crippen LogP contribution in [-0.2, 0) is 19.0 Å². The molecule has 3 aromatic heterocycles. The fourth-order valence-electron chi connectivity index (χ4n) is 4.77. The Hall–Kier alpha value is -4.84. The van der Waals surface area contributed by atoms with Crippen molar-refractivity contribution in [2.45, 2.75) is 25.9 Å². The summed E-state index contributed by atoms with van der Waals surface area (Å²) in [6, 6.07) is 15.5. The highest BCUT2D eigenvalue weighted by molar-refractivity contribution is 7.18. The van der Waals surface area contributed by atoms with Crippen LogP contribution in [0.15, 0.2) is 71.3 Å². The number of ketones is 1. The Morgan fingerprint density at radius 3 is 2.58 bits per heavy atom. The predicted octanol–water partition coefficient (Wildman–Crippen LogP) is 7.48. The van der Waals surface area contributed by atoms with Gasteiger partial charge in [-0.3, -0.25) is 4.79 Å². The number of ether oxygens (including phenoxy) is 3. The summed E-state index contributed by atoms with van der Waals surface area (Å²) in [5, 5.41) is 5.48. The van der Waals surface area contributed by atoms with Gasteiger partial charge in [0.25, 0.3) is 11.1 Å². The van der Waals surface area contributed by atoms with Crippen molar-refractivity contribution < 1.29 is 36.6 Å². The molecule has 220 valence electrons. The molecular weight excluding hydrogens is 583 g/mol. The number of furan rings is 1. The first kappa shape index (κ1) is 28.3. The van der Waals surface area contributed by atoms with E-state index in [0.29, 0.717) is 62.1 Å². The maximum Gasteiger partial charge on any atom is 0.294 e. The van der Waals surface area contributed by atoms with Crippen molar-refractivity contribution in [3.63, 3.8) is 0 Å². The van der Waals surface area contributed by atoms with E-state index in [2.05, 4.69) is 10.1 Å². The lowest BCUT2D eigenvalue weighted by molar-refractivity contribution is 0.0160. The number of carbonyl (C=O) groups excluding carboxylic acids is 1. The van der Waals surface area contributed by atoms with Gasteiger partial charge in [0, 0.05) is 31.0 Å². The molecule has 3 aromatic carbocycles. The van der Waals surface area contributed by atoms with Crippen LogP contribution < -0.4 is 14.2 Å². The highest BCUT2D eigenvalue weighted by Gasteiger charge is 2.31. The average Bonchev–Trinajstić information content (AvgIpc) is 3.68. The Morgan fingerprint density at radius 1 is 1.05 bits per heavy atom. The van der Waals surface area contributed by atoms with Crippen LogP contribution in [0.4, 0.5) is 13.2 Å². The van der Waals surface area contributed by atoms with E-state index in [9.17, 15) is 18.0 Å². The molecule has 0 bridgehead atoms. The number of halogens is 3. The Balaban J connectivity index is 1.24. The van der Waals surface area contributed by atoms with Gasteiger partial charge >= 0.3 is 0 Å². The average molecular weight is 608 g/mol. The Morgan fingerprint density at radius 2 is 1.84 bits per heavy atom. The minimum atomic E-state index is -3.37. The molecule has 12 heteroatoms. The summed E-state index contributed by atoms with van der Waals surface area (Å²) in [4.78, 5) is 18.2. The van der Waals surface area contributed by atoms with Gasteiger partial charge in [-0.1, -0.05) is 36.4 Å². The third-order valence-corrected chi connectivity index (χ3v) is 7.66.